The number of carbonyl (C=O) groups excluding carboxylic acids is 2. The van der Waals surface area contributed by atoms with Crippen LogP contribution >= 0.6 is 0 Å². The van der Waals surface area contributed by atoms with Gasteiger partial charge in [0.15, 0.2) is 6.61 Å². The zero-order chi connectivity index (χ0) is 23.4. The van der Waals surface area contributed by atoms with Gasteiger partial charge in [0.25, 0.3) is 11.5 Å². The molecule has 1 heterocycles. The summed E-state index contributed by atoms with van der Waals surface area (Å²) in [6.45, 7) is -0.432. The van der Waals surface area contributed by atoms with Gasteiger partial charge in [-0.05, 0) is 25.0 Å². The third-order valence-electron chi connectivity index (χ3n) is 5.35. The monoisotopic (exact) mass is 451 g/mol. The largest absolute Gasteiger partial charge is 0.497 e. The number of nitrogens with zero attached hydrogens (tertiary/aromatic N) is 2. The molecule has 0 atom stereocenters. The lowest BCUT2D eigenvalue weighted by Gasteiger charge is -2.13. The average Bonchev–Trinajstić information content (AvgIpc) is 3.66. The first-order chi connectivity index (χ1) is 16.0. The Hall–Kier alpha value is -3.88. The average molecular weight is 451 g/mol. The number of hydrogen-bond acceptors (Lipinski definition) is 7. The van der Waals surface area contributed by atoms with Gasteiger partial charge in [-0.2, -0.15) is 0 Å². The number of aryl methyl sites for hydroxylation is 1. The fourth-order valence-corrected chi connectivity index (χ4v) is 3.59. The van der Waals surface area contributed by atoms with E-state index >= 15 is 0 Å². The minimum absolute atomic E-state index is 0.0117. The van der Waals surface area contributed by atoms with Crippen molar-refractivity contribution < 1.29 is 23.8 Å². The highest BCUT2D eigenvalue weighted by Crippen LogP contribution is 2.35. The molecule has 2 aromatic carbocycles. The molecule has 0 saturated heterocycles. The molecule has 1 aromatic heterocycles. The predicted molar refractivity (Wildman–Crippen MR) is 122 cm³/mol. The lowest BCUT2D eigenvalue weighted by Crippen LogP contribution is -2.25. The first-order valence-corrected chi connectivity index (χ1v) is 10.7. The molecule has 0 unspecified atom stereocenters. The van der Waals surface area contributed by atoms with E-state index in [0.29, 0.717) is 33.9 Å². The first kappa shape index (κ1) is 22.3. The number of anilines is 1. The number of esters is 1. The second kappa shape index (κ2) is 9.72. The second-order valence-corrected chi connectivity index (χ2v) is 7.76. The smallest absolute Gasteiger partial charge is 0.306 e. The van der Waals surface area contributed by atoms with Gasteiger partial charge in [-0.1, -0.05) is 12.1 Å². The minimum atomic E-state index is -0.543. The number of para-hydroxylation sites is 1. The van der Waals surface area contributed by atoms with Crippen molar-refractivity contribution in [2.24, 2.45) is 0 Å². The number of rotatable bonds is 9. The molecule has 1 aliphatic carbocycles. The molecule has 1 amide bonds. The maximum absolute atomic E-state index is 12.9. The van der Waals surface area contributed by atoms with Crippen molar-refractivity contribution >= 4 is 28.5 Å². The Kier molecular flexibility index (Phi) is 6.58. The molecule has 1 aliphatic rings. The van der Waals surface area contributed by atoms with Crippen LogP contribution in [0.1, 0.15) is 31.1 Å². The molecule has 33 heavy (non-hydrogen) atoms. The summed E-state index contributed by atoms with van der Waals surface area (Å²) in [6.07, 6.45) is 2.11. The number of hydrogen-bond donors (Lipinski definition) is 1. The molecule has 4 rings (SSSR count). The SMILES string of the molecule is COc1cc(NC(=O)COC(=O)CCc2nc3ccccc3c(=O)n2C2CC2)cc(OC)c1. The van der Waals surface area contributed by atoms with E-state index in [1.807, 2.05) is 12.1 Å². The van der Waals surface area contributed by atoms with Crippen LogP contribution in [0.2, 0.25) is 0 Å². The van der Waals surface area contributed by atoms with Crippen LogP contribution < -0.4 is 20.3 Å². The van der Waals surface area contributed by atoms with Gasteiger partial charge in [-0.15, -0.1) is 0 Å². The molecule has 0 aliphatic heterocycles. The molecule has 172 valence electrons. The minimum Gasteiger partial charge on any atom is -0.497 e. The van der Waals surface area contributed by atoms with Crippen molar-refractivity contribution in [1.29, 1.82) is 0 Å². The Morgan fingerprint density at radius 1 is 1.09 bits per heavy atom. The number of aromatic nitrogens is 2. The van der Waals surface area contributed by atoms with E-state index in [4.69, 9.17) is 14.2 Å². The molecule has 3 aromatic rings. The topological polar surface area (TPSA) is 109 Å². The van der Waals surface area contributed by atoms with E-state index in [9.17, 15) is 14.4 Å². The van der Waals surface area contributed by atoms with Gasteiger partial charge in [0.05, 0.1) is 31.5 Å². The number of ether oxygens (including phenoxy) is 3. The fraction of sp³-hybridized carbons (Fsp3) is 0.333. The van der Waals surface area contributed by atoms with Gasteiger partial charge in [-0.25, -0.2) is 4.98 Å². The van der Waals surface area contributed by atoms with Crippen LogP contribution in [0.25, 0.3) is 10.9 Å². The third-order valence-corrected chi connectivity index (χ3v) is 5.35. The molecular formula is C24H25N3O6. The third kappa shape index (κ3) is 5.31. The summed E-state index contributed by atoms with van der Waals surface area (Å²) in [5.74, 6) is 0.569. The maximum Gasteiger partial charge on any atom is 0.306 e. The summed E-state index contributed by atoms with van der Waals surface area (Å²) < 4.78 is 17.1. The van der Waals surface area contributed by atoms with E-state index in [1.54, 1.807) is 34.9 Å². The van der Waals surface area contributed by atoms with Crippen LogP contribution in [0, 0.1) is 0 Å². The van der Waals surface area contributed by atoms with Crippen LogP contribution in [0.4, 0.5) is 5.69 Å². The van der Waals surface area contributed by atoms with E-state index in [0.717, 1.165) is 12.8 Å². The lowest BCUT2D eigenvalue weighted by atomic mass is 10.2. The summed E-state index contributed by atoms with van der Waals surface area (Å²) in [7, 11) is 3.02. The van der Waals surface area contributed by atoms with Crippen LogP contribution in [0.5, 0.6) is 11.5 Å². The second-order valence-electron chi connectivity index (χ2n) is 7.76. The number of carbonyl (C=O) groups is 2. The van der Waals surface area contributed by atoms with Crippen molar-refractivity contribution in [3.8, 4) is 11.5 Å². The normalized spacial score (nSPS) is 12.9. The standard InChI is InChI=1S/C24H25N3O6/c1-31-17-11-15(12-18(13-17)32-2)25-22(28)14-33-23(29)10-9-21-26-20-6-4-3-5-19(20)24(30)27(21)16-7-8-16/h3-6,11-13,16H,7-10,14H2,1-2H3,(H,25,28). The Balaban J connectivity index is 1.36. The molecule has 1 saturated carbocycles. The molecular weight excluding hydrogens is 426 g/mol. The van der Waals surface area contributed by atoms with Crippen molar-refractivity contribution in [3.05, 3.63) is 58.6 Å². The van der Waals surface area contributed by atoms with E-state index in [2.05, 4.69) is 10.3 Å². The van der Waals surface area contributed by atoms with Crippen molar-refractivity contribution in [1.82, 2.24) is 9.55 Å². The summed E-state index contributed by atoms with van der Waals surface area (Å²) in [5.41, 5.74) is 0.983. The molecule has 0 bridgehead atoms. The quantitative estimate of drug-likeness (QED) is 0.498. The summed E-state index contributed by atoms with van der Waals surface area (Å²) >= 11 is 0. The number of methoxy groups -OCH3 is 2. The van der Waals surface area contributed by atoms with Crippen molar-refractivity contribution in [2.75, 3.05) is 26.1 Å². The Bertz CT molecular complexity index is 1230. The number of fused-ring (bicyclic) bond motifs is 1. The van der Waals surface area contributed by atoms with Gasteiger partial charge >= 0.3 is 5.97 Å². The Labute approximate surface area is 190 Å². The Morgan fingerprint density at radius 3 is 2.45 bits per heavy atom. The van der Waals surface area contributed by atoms with Crippen molar-refractivity contribution in [3.63, 3.8) is 0 Å². The van der Waals surface area contributed by atoms with Crippen LogP contribution in [-0.2, 0) is 20.7 Å². The predicted octanol–water partition coefficient (Wildman–Crippen LogP) is 2.86. The molecule has 9 nitrogen and oxygen atoms in total. The molecule has 0 radical (unpaired) electrons. The van der Waals surface area contributed by atoms with Crippen molar-refractivity contribution in [2.45, 2.75) is 31.7 Å². The van der Waals surface area contributed by atoms with Gasteiger partial charge in [-0.3, -0.25) is 19.0 Å². The molecule has 0 spiro atoms. The van der Waals surface area contributed by atoms with Gasteiger partial charge in [0, 0.05) is 36.3 Å². The van der Waals surface area contributed by atoms with Crippen LogP contribution in [0.15, 0.2) is 47.3 Å². The number of amides is 1. The lowest BCUT2D eigenvalue weighted by molar-refractivity contribution is -0.147. The number of benzene rings is 2. The zero-order valence-electron chi connectivity index (χ0n) is 18.5. The van der Waals surface area contributed by atoms with E-state index in [-0.39, 0.29) is 24.4 Å². The maximum atomic E-state index is 12.9. The molecule has 9 heteroatoms. The van der Waals surface area contributed by atoms with Crippen LogP contribution in [0.3, 0.4) is 0 Å². The first-order valence-electron chi connectivity index (χ1n) is 10.7. The van der Waals surface area contributed by atoms with Gasteiger partial charge < -0.3 is 19.5 Å². The van der Waals surface area contributed by atoms with Crippen LogP contribution in [-0.4, -0.2) is 42.3 Å². The van der Waals surface area contributed by atoms with E-state index in [1.165, 1.54) is 14.2 Å². The van der Waals surface area contributed by atoms with Gasteiger partial charge in [0.2, 0.25) is 0 Å². The summed E-state index contributed by atoms with van der Waals surface area (Å²) in [4.78, 5) is 42.0. The van der Waals surface area contributed by atoms with E-state index < -0.39 is 18.5 Å². The Morgan fingerprint density at radius 2 is 1.79 bits per heavy atom. The highest BCUT2D eigenvalue weighted by atomic mass is 16.5. The zero-order valence-corrected chi connectivity index (χ0v) is 18.5. The summed E-state index contributed by atoms with van der Waals surface area (Å²) in [6, 6.07) is 12.3. The molecule has 1 N–H and O–H groups in total. The summed E-state index contributed by atoms with van der Waals surface area (Å²) in [5, 5.41) is 3.22. The highest BCUT2D eigenvalue weighted by molar-refractivity contribution is 5.93. The fourth-order valence-electron chi connectivity index (χ4n) is 3.59. The number of nitrogens with one attached hydrogen (secondary N) is 1. The van der Waals surface area contributed by atoms with Gasteiger partial charge in [0.1, 0.15) is 17.3 Å². The highest BCUT2D eigenvalue weighted by Gasteiger charge is 2.28. The molecule has 1 fully saturated rings.